The van der Waals surface area contributed by atoms with Gasteiger partial charge in [0.25, 0.3) is 0 Å². The largest absolute Gasteiger partial charge is 0.326 e. The smallest absolute Gasteiger partial charge is 0.115 e. The molecule has 0 unspecified atom stereocenters. The molecule has 0 atom stereocenters. The van der Waals surface area contributed by atoms with Gasteiger partial charge in [-0.05, 0) is 33.1 Å². The number of nitrogens with two attached hydrogens (primary N) is 4. The summed E-state index contributed by atoms with van der Waals surface area (Å²) in [5.74, 6) is -0.948. The molecular weight excluding hydrogens is 392 g/mol. The van der Waals surface area contributed by atoms with Crippen molar-refractivity contribution >= 4 is 0 Å². The van der Waals surface area contributed by atoms with E-state index in [2.05, 4.69) is 83.1 Å². The summed E-state index contributed by atoms with van der Waals surface area (Å²) in [6.45, 7) is 25.8. The molecule has 8 N–H and O–H groups in total. The second-order valence-corrected chi connectivity index (χ2v) is 9.31. The van der Waals surface area contributed by atoms with Crippen molar-refractivity contribution in [1.29, 1.82) is 0 Å². The SMILES string of the molecule is CCCC.CCCC.CCCC.CCCC.CCCCC(C)(C)N.CCCCC(N)(N)N. The van der Waals surface area contributed by atoms with E-state index in [1.807, 2.05) is 0 Å². The fourth-order valence-electron chi connectivity index (χ4n) is 1.12. The van der Waals surface area contributed by atoms with Gasteiger partial charge in [-0.3, -0.25) is 0 Å². The molecule has 0 rings (SSSR count). The summed E-state index contributed by atoms with van der Waals surface area (Å²) in [7, 11) is 0. The van der Waals surface area contributed by atoms with Gasteiger partial charge in [-0.2, -0.15) is 0 Å². The van der Waals surface area contributed by atoms with Crippen LogP contribution < -0.4 is 22.9 Å². The maximum atomic E-state index is 5.72. The van der Waals surface area contributed by atoms with Crippen LogP contribution in [0.3, 0.4) is 0 Å². The second kappa shape index (κ2) is 41.1. The maximum absolute atomic E-state index is 5.72. The Morgan fingerprint density at radius 1 is 0.375 bits per heavy atom. The first kappa shape index (κ1) is 45.4. The molecule has 0 saturated carbocycles. The van der Waals surface area contributed by atoms with E-state index in [1.165, 1.54) is 64.2 Å². The number of rotatable bonds is 10. The Hall–Kier alpha value is -0.160. The zero-order valence-corrected chi connectivity index (χ0v) is 25.2. The van der Waals surface area contributed by atoms with Crippen LogP contribution in [0.2, 0.25) is 0 Å². The molecule has 0 amide bonds. The predicted octanol–water partition coefficient (Wildman–Crippen LogP) is 8.85. The van der Waals surface area contributed by atoms with Crippen molar-refractivity contribution in [2.45, 2.75) is 184 Å². The van der Waals surface area contributed by atoms with E-state index in [9.17, 15) is 0 Å². The second-order valence-electron chi connectivity index (χ2n) is 9.31. The first-order chi connectivity index (χ1) is 14.8. The Balaban J connectivity index is -0.0000000658. The quantitative estimate of drug-likeness (QED) is 0.242. The van der Waals surface area contributed by atoms with Gasteiger partial charge in [0.1, 0.15) is 5.79 Å². The molecule has 0 aromatic carbocycles. The normalized spacial score (nSPS) is 9.75. The minimum absolute atomic E-state index is 0.0516. The highest BCUT2D eigenvalue weighted by atomic mass is 15.1. The van der Waals surface area contributed by atoms with E-state index in [0.717, 1.165) is 19.3 Å². The molecule has 0 aliphatic heterocycles. The Labute approximate surface area is 207 Å². The van der Waals surface area contributed by atoms with Crippen LogP contribution in [0.25, 0.3) is 0 Å². The molecule has 4 heteroatoms. The molecule has 0 aliphatic carbocycles. The monoisotopic (exact) mass is 465 g/mol. The van der Waals surface area contributed by atoms with Gasteiger partial charge >= 0.3 is 0 Å². The third kappa shape index (κ3) is 130. The summed E-state index contributed by atoms with van der Waals surface area (Å²) in [5.41, 5.74) is 21.6. The molecule has 0 bridgehead atoms. The fourth-order valence-corrected chi connectivity index (χ4v) is 1.12. The van der Waals surface area contributed by atoms with Crippen molar-refractivity contribution in [3.8, 4) is 0 Å². The van der Waals surface area contributed by atoms with Crippen LogP contribution in [0.1, 0.15) is 173 Å². The minimum Gasteiger partial charge on any atom is -0.326 e. The van der Waals surface area contributed by atoms with Crippen molar-refractivity contribution in [3.63, 3.8) is 0 Å². The lowest BCUT2D eigenvalue weighted by Crippen LogP contribution is -2.57. The van der Waals surface area contributed by atoms with E-state index < -0.39 is 5.79 Å². The first-order valence-electron chi connectivity index (χ1n) is 13.9. The molecule has 0 aromatic rings. The van der Waals surface area contributed by atoms with Crippen molar-refractivity contribution in [2.24, 2.45) is 22.9 Å². The molecule has 0 heterocycles. The van der Waals surface area contributed by atoms with Crippen LogP contribution in [-0.2, 0) is 0 Å². The standard InChI is InChI=1S/C7H17N.C5H15N3.4C4H10/c1-4-5-6-7(2,3)8;1-2-3-4-5(6,7)8;4*1-3-4-2/h4-6,8H2,1-3H3;2-4,6-8H2,1H3;4*3-4H2,1-2H3. The maximum Gasteiger partial charge on any atom is 0.115 e. The molecule has 32 heavy (non-hydrogen) atoms. The van der Waals surface area contributed by atoms with Crippen molar-refractivity contribution in [3.05, 3.63) is 0 Å². The first-order valence-corrected chi connectivity index (χ1v) is 13.9. The van der Waals surface area contributed by atoms with Gasteiger partial charge in [-0.15, -0.1) is 0 Å². The molecule has 0 radical (unpaired) electrons. The van der Waals surface area contributed by atoms with Crippen LogP contribution in [0.4, 0.5) is 0 Å². The lowest BCUT2D eigenvalue weighted by atomic mass is 9.99. The Morgan fingerprint density at radius 3 is 0.656 bits per heavy atom. The summed E-state index contributed by atoms with van der Waals surface area (Å²) in [4.78, 5) is 0. The number of hydrogen-bond acceptors (Lipinski definition) is 4. The van der Waals surface area contributed by atoms with Crippen molar-refractivity contribution < 1.29 is 0 Å². The van der Waals surface area contributed by atoms with E-state index in [0.29, 0.717) is 6.42 Å². The molecule has 4 nitrogen and oxygen atoms in total. The molecule has 204 valence electrons. The average Bonchev–Trinajstić information content (AvgIpc) is 2.76. The van der Waals surface area contributed by atoms with Gasteiger partial charge in [0.05, 0.1) is 0 Å². The molecule has 0 spiro atoms. The molecule has 0 aliphatic rings. The Kier molecular flexibility index (Phi) is 58.3. The summed E-state index contributed by atoms with van der Waals surface area (Å²) in [6.07, 6.45) is 17.0. The van der Waals surface area contributed by atoms with Crippen LogP contribution >= 0.6 is 0 Å². The lowest BCUT2D eigenvalue weighted by molar-refractivity contribution is 0.409. The van der Waals surface area contributed by atoms with E-state index in [4.69, 9.17) is 22.9 Å². The molecule has 0 aromatic heterocycles. The van der Waals surface area contributed by atoms with Gasteiger partial charge in [0.15, 0.2) is 0 Å². The van der Waals surface area contributed by atoms with Crippen LogP contribution in [-0.4, -0.2) is 11.3 Å². The minimum atomic E-state index is -0.948. The van der Waals surface area contributed by atoms with Gasteiger partial charge in [-0.1, -0.05) is 140 Å². The number of unbranched alkanes of at least 4 members (excludes halogenated alkanes) is 6. The zero-order valence-electron chi connectivity index (χ0n) is 25.2. The highest BCUT2D eigenvalue weighted by molar-refractivity contribution is 4.70. The highest BCUT2D eigenvalue weighted by Crippen LogP contribution is 2.07. The zero-order chi connectivity index (χ0) is 26.9. The van der Waals surface area contributed by atoms with Gasteiger partial charge in [0, 0.05) is 5.54 Å². The van der Waals surface area contributed by atoms with Crippen molar-refractivity contribution in [1.82, 2.24) is 0 Å². The highest BCUT2D eigenvalue weighted by Gasteiger charge is 2.08. The van der Waals surface area contributed by atoms with Gasteiger partial charge < -0.3 is 22.9 Å². The van der Waals surface area contributed by atoms with Gasteiger partial charge in [0.2, 0.25) is 0 Å². The van der Waals surface area contributed by atoms with E-state index in [-0.39, 0.29) is 5.54 Å². The van der Waals surface area contributed by atoms with Crippen LogP contribution in [0.15, 0.2) is 0 Å². The topological polar surface area (TPSA) is 104 Å². The summed E-state index contributed by atoms with van der Waals surface area (Å²) in [6, 6.07) is 0. The molecule has 0 fully saturated rings. The lowest BCUT2D eigenvalue weighted by Gasteiger charge is -2.16. The fraction of sp³-hybridized carbons (Fsp3) is 1.00. The average molecular weight is 465 g/mol. The van der Waals surface area contributed by atoms with Crippen molar-refractivity contribution in [2.75, 3.05) is 0 Å². The van der Waals surface area contributed by atoms with Crippen LogP contribution in [0.5, 0.6) is 0 Å². The third-order valence-electron chi connectivity index (χ3n) is 4.14. The third-order valence-corrected chi connectivity index (χ3v) is 4.14. The predicted molar refractivity (Wildman–Crippen MR) is 155 cm³/mol. The van der Waals surface area contributed by atoms with E-state index in [1.54, 1.807) is 0 Å². The summed E-state index contributed by atoms with van der Waals surface area (Å²) in [5, 5.41) is 0. The number of hydrogen-bond donors (Lipinski definition) is 4. The Bertz CT molecular complexity index is 201. The molecule has 0 saturated heterocycles. The van der Waals surface area contributed by atoms with Gasteiger partial charge in [-0.25, -0.2) is 0 Å². The Morgan fingerprint density at radius 2 is 0.594 bits per heavy atom. The summed E-state index contributed by atoms with van der Waals surface area (Å²) < 4.78 is 0. The molecular formula is C28H72N4. The summed E-state index contributed by atoms with van der Waals surface area (Å²) >= 11 is 0. The van der Waals surface area contributed by atoms with E-state index >= 15 is 0 Å². The van der Waals surface area contributed by atoms with Crippen LogP contribution in [0, 0.1) is 0 Å².